The maximum atomic E-state index is 9.44. The van der Waals surface area contributed by atoms with Crippen LogP contribution in [0.5, 0.6) is 5.75 Å². The smallest absolute Gasteiger partial charge is 0.208 e. The van der Waals surface area contributed by atoms with Gasteiger partial charge in [-0.1, -0.05) is 23.9 Å². The zero-order valence-corrected chi connectivity index (χ0v) is 19.0. The van der Waals surface area contributed by atoms with E-state index in [1.165, 1.54) is 17.3 Å². The largest absolute Gasteiger partial charge is 0.497 e. The van der Waals surface area contributed by atoms with Crippen molar-refractivity contribution in [1.82, 2.24) is 9.97 Å². The van der Waals surface area contributed by atoms with Gasteiger partial charge in [0.15, 0.2) is 0 Å². The van der Waals surface area contributed by atoms with Gasteiger partial charge in [-0.3, -0.25) is 0 Å². The van der Waals surface area contributed by atoms with Gasteiger partial charge in [-0.15, -0.1) is 11.3 Å². The predicted octanol–water partition coefficient (Wildman–Crippen LogP) is 4.77. The van der Waals surface area contributed by atoms with Crippen molar-refractivity contribution in [3.05, 3.63) is 69.3 Å². The van der Waals surface area contributed by atoms with E-state index in [2.05, 4.69) is 16.4 Å². The number of hydrogen-bond acceptors (Lipinski definition) is 8. The van der Waals surface area contributed by atoms with E-state index >= 15 is 0 Å². The first-order valence-electron chi connectivity index (χ1n) is 9.22. The molecule has 0 aliphatic heterocycles. The van der Waals surface area contributed by atoms with Crippen molar-refractivity contribution in [3.63, 3.8) is 0 Å². The van der Waals surface area contributed by atoms with Gasteiger partial charge < -0.3 is 14.2 Å². The van der Waals surface area contributed by atoms with Crippen molar-refractivity contribution in [2.75, 3.05) is 21.3 Å². The molecule has 0 unspecified atom stereocenters. The molecule has 0 saturated carbocycles. The van der Waals surface area contributed by atoms with E-state index in [1.54, 1.807) is 51.7 Å². The monoisotopic (exact) mass is 441 g/mol. The molecule has 30 heavy (non-hydrogen) atoms. The second kappa shape index (κ2) is 10.0. The number of aromatic nitrogens is 2. The minimum atomic E-state index is -0.963. The molecule has 3 rings (SSSR count). The highest BCUT2D eigenvalue weighted by atomic mass is 32.2. The molecule has 1 aromatic carbocycles. The van der Waals surface area contributed by atoms with Crippen LogP contribution in [0.25, 0.3) is 0 Å². The van der Waals surface area contributed by atoms with Crippen LogP contribution in [0.2, 0.25) is 0 Å². The summed E-state index contributed by atoms with van der Waals surface area (Å²) in [5.41, 5.74) is 3.29. The molecule has 0 aliphatic carbocycles. The number of nitriles is 1. The van der Waals surface area contributed by atoms with Gasteiger partial charge in [-0.25, -0.2) is 9.97 Å². The summed E-state index contributed by atoms with van der Waals surface area (Å²) < 4.78 is 16.1. The Balaban J connectivity index is 1.70. The minimum Gasteiger partial charge on any atom is -0.497 e. The van der Waals surface area contributed by atoms with Crippen molar-refractivity contribution in [2.24, 2.45) is 0 Å². The van der Waals surface area contributed by atoms with Gasteiger partial charge in [0.25, 0.3) is 0 Å². The molecule has 0 aliphatic rings. The number of ether oxygens (including phenoxy) is 3. The zero-order valence-electron chi connectivity index (χ0n) is 17.3. The molecule has 2 aromatic heterocycles. The van der Waals surface area contributed by atoms with Gasteiger partial charge in [0.05, 0.1) is 23.4 Å². The number of benzene rings is 1. The van der Waals surface area contributed by atoms with Crippen molar-refractivity contribution >= 4 is 23.1 Å². The highest BCUT2D eigenvalue weighted by molar-refractivity contribution is 7.98. The summed E-state index contributed by atoms with van der Waals surface area (Å²) in [4.78, 5) is 9.35. The maximum absolute atomic E-state index is 9.44. The van der Waals surface area contributed by atoms with Crippen molar-refractivity contribution < 1.29 is 14.2 Å². The summed E-state index contributed by atoms with van der Waals surface area (Å²) in [6.45, 7) is 1.79. The number of hydrogen-bond donors (Lipinski definition) is 0. The van der Waals surface area contributed by atoms with Crippen LogP contribution in [0.3, 0.4) is 0 Å². The fourth-order valence-electron chi connectivity index (χ4n) is 2.74. The summed E-state index contributed by atoms with van der Waals surface area (Å²) in [7, 11) is 4.79. The summed E-state index contributed by atoms with van der Waals surface area (Å²) in [6, 6.07) is 13.7. The maximum Gasteiger partial charge on any atom is 0.208 e. The first kappa shape index (κ1) is 22.2. The summed E-state index contributed by atoms with van der Waals surface area (Å²) >= 11 is 3.12. The molecule has 8 heteroatoms. The van der Waals surface area contributed by atoms with Crippen LogP contribution >= 0.6 is 23.1 Å². The Kier molecular flexibility index (Phi) is 7.45. The Bertz CT molecular complexity index is 1020. The van der Waals surface area contributed by atoms with E-state index in [0.29, 0.717) is 22.0 Å². The third kappa shape index (κ3) is 5.18. The minimum absolute atomic E-state index is 0.520. The van der Waals surface area contributed by atoms with E-state index in [9.17, 15) is 5.26 Å². The number of nitrogens with zero attached hydrogens (tertiary/aromatic N) is 3. The number of pyridine rings is 1. The number of thiazole rings is 1. The highest BCUT2D eigenvalue weighted by Gasteiger charge is 2.28. The van der Waals surface area contributed by atoms with Crippen molar-refractivity contribution in [3.8, 4) is 11.8 Å². The predicted molar refractivity (Wildman–Crippen MR) is 118 cm³/mol. The molecule has 2 heterocycles. The SMILES string of the molecule is COc1ccc(Cc2nc(CSc3nc(C(C)(OC)OC)ccc3C#N)cs2)cc1. The molecule has 0 amide bonds. The molecule has 0 spiro atoms. The summed E-state index contributed by atoms with van der Waals surface area (Å²) in [5, 5.41) is 13.2. The van der Waals surface area contributed by atoms with Crippen LogP contribution in [0.15, 0.2) is 46.8 Å². The van der Waals surface area contributed by atoms with Gasteiger partial charge in [0.1, 0.15) is 22.5 Å². The first-order chi connectivity index (χ1) is 14.5. The Morgan fingerprint density at radius 1 is 1.07 bits per heavy atom. The van der Waals surface area contributed by atoms with Gasteiger partial charge in [-0.2, -0.15) is 5.26 Å². The van der Waals surface area contributed by atoms with E-state index in [-0.39, 0.29) is 0 Å². The Morgan fingerprint density at radius 2 is 1.80 bits per heavy atom. The van der Waals surface area contributed by atoms with Crippen molar-refractivity contribution in [1.29, 1.82) is 5.26 Å². The zero-order chi connectivity index (χ0) is 21.6. The Morgan fingerprint density at radius 3 is 2.43 bits per heavy atom. The Hall–Kier alpha value is -2.44. The molecular formula is C22H23N3O3S2. The summed E-state index contributed by atoms with van der Waals surface area (Å²) in [5.74, 6) is 0.507. The molecule has 0 bridgehead atoms. The lowest BCUT2D eigenvalue weighted by molar-refractivity contribution is -0.204. The second-order valence-electron chi connectivity index (χ2n) is 6.56. The van der Waals surface area contributed by atoms with Crippen LogP contribution < -0.4 is 4.74 Å². The van der Waals surface area contributed by atoms with Crippen LogP contribution in [-0.4, -0.2) is 31.3 Å². The second-order valence-corrected chi connectivity index (χ2v) is 8.47. The highest BCUT2D eigenvalue weighted by Crippen LogP contribution is 2.30. The molecular weight excluding hydrogens is 418 g/mol. The van der Waals surface area contributed by atoms with Gasteiger partial charge in [0.2, 0.25) is 5.79 Å². The van der Waals surface area contributed by atoms with Gasteiger partial charge in [0, 0.05) is 31.8 Å². The van der Waals surface area contributed by atoms with Gasteiger partial charge in [-0.05, 0) is 36.8 Å². The molecule has 3 aromatic rings. The third-order valence-corrected chi connectivity index (χ3v) is 6.62. The van der Waals surface area contributed by atoms with E-state index in [4.69, 9.17) is 19.2 Å². The van der Waals surface area contributed by atoms with E-state index in [0.717, 1.165) is 22.9 Å². The molecule has 156 valence electrons. The average molecular weight is 442 g/mol. The molecule has 0 saturated heterocycles. The lowest BCUT2D eigenvalue weighted by atomic mass is 10.1. The lowest BCUT2D eigenvalue weighted by Gasteiger charge is -2.26. The Labute approximate surface area is 184 Å². The van der Waals surface area contributed by atoms with E-state index < -0.39 is 5.79 Å². The van der Waals surface area contributed by atoms with Crippen LogP contribution in [0.1, 0.15) is 34.4 Å². The van der Waals surface area contributed by atoms with Crippen LogP contribution in [0, 0.1) is 11.3 Å². The van der Waals surface area contributed by atoms with Gasteiger partial charge >= 0.3 is 0 Å². The quantitative estimate of drug-likeness (QED) is 0.350. The lowest BCUT2D eigenvalue weighted by Crippen LogP contribution is -2.28. The fraction of sp³-hybridized carbons (Fsp3) is 0.318. The number of methoxy groups -OCH3 is 3. The van der Waals surface area contributed by atoms with Crippen LogP contribution in [0.4, 0.5) is 0 Å². The van der Waals surface area contributed by atoms with Crippen LogP contribution in [-0.2, 0) is 27.4 Å². The fourth-order valence-corrected chi connectivity index (χ4v) is 4.54. The molecule has 0 fully saturated rings. The molecule has 0 radical (unpaired) electrons. The molecule has 0 N–H and O–H groups in total. The topological polar surface area (TPSA) is 77.3 Å². The van der Waals surface area contributed by atoms with Crippen molar-refractivity contribution in [2.45, 2.75) is 29.9 Å². The first-order valence-corrected chi connectivity index (χ1v) is 11.1. The third-order valence-electron chi connectivity index (χ3n) is 4.70. The molecule has 0 atom stereocenters. The summed E-state index contributed by atoms with van der Waals surface area (Å²) in [6.07, 6.45) is 0.774. The molecule has 6 nitrogen and oxygen atoms in total. The number of thioether (sulfide) groups is 1. The standard InChI is InChI=1S/C22H23N3O3S2/c1-22(27-3,28-4)19-10-7-16(12-23)21(25-19)30-14-17-13-29-20(24-17)11-15-5-8-18(26-2)9-6-15/h5-10,13H,11,14H2,1-4H3. The normalized spacial score (nSPS) is 11.3. The average Bonchev–Trinajstić information content (AvgIpc) is 3.24. The number of rotatable bonds is 9. The van der Waals surface area contributed by atoms with E-state index in [1.807, 2.05) is 24.3 Å².